The van der Waals surface area contributed by atoms with Crippen LogP contribution < -0.4 is 0 Å². The van der Waals surface area contributed by atoms with E-state index in [4.69, 9.17) is 0 Å². The summed E-state index contributed by atoms with van der Waals surface area (Å²) in [7, 11) is -0.590. The Balaban J connectivity index is 3.70. The predicted octanol–water partition coefficient (Wildman–Crippen LogP) is 9.33. The average molecular weight is 372 g/mol. The lowest BCUT2D eigenvalue weighted by atomic mass is 10.1. The predicted molar refractivity (Wildman–Crippen MR) is 123 cm³/mol. The van der Waals surface area contributed by atoms with Crippen LogP contribution in [0.1, 0.15) is 130 Å². The van der Waals surface area contributed by atoms with Crippen molar-refractivity contribution < 1.29 is 0 Å². The van der Waals surface area contributed by atoms with Crippen LogP contribution in [0.3, 0.4) is 0 Å². The van der Waals surface area contributed by atoms with Crippen molar-refractivity contribution in [1.82, 2.24) is 0 Å². The second-order valence-electron chi connectivity index (χ2n) is 8.37. The molecule has 0 aliphatic rings. The molecule has 0 spiro atoms. The second-order valence-corrected chi connectivity index (χ2v) is 13.2. The van der Waals surface area contributed by atoms with Crippen molar-refractivity contribution in [1.29, 1.82) is 0 Å². The molecule has 0 bridgehead atoms. The van der Waals surface area contributed by atoms with E-state index in [0.29, 0.717) is 0 Å². The Hall–Kier alpha value is 0.430. The molecule has 25 heavy (non-hydrogen) atoms. The average Bonchev–Trinajstić information content (AvgIpc) is 2.64. The molecule has 0 N–H and O–H groups in total. The van der Waals surface area contributed by atoms with Gasteiger partial charge in [-0.1, -0.05) is 90.9 Å². The minimum Gasteiger partial charge on any atom is -0.0654 e. The first-order valence-electron chi connectivity index (χ1n) is 12.1. The van der Waals surface area contributed by atoms with Crippen LogP contribution in [0.5, 0.6) is 0 Å². The summed E-state index contributed by atoms with van der Waals surface area (Å²) in [6.07, 6.45) is 29.8. The fourth-order valence-electron chi connectivity index (χ4n) is 4.13. The van der Waals surface area contributed by atoms with E-state index >= 15 is 0 Å². The van der Waals surface area contributed by atoms with Gasteiger partial charge < -0.3 is 0 Å². The van der Waals surface area contributed by atoms with E-state index in [1.165, 1.54) is 115 Å². The van der Waals surface area contributed by atoms with Crippen LogP contribution in [-0.4, -0.2) is 24.6 Å². The molecule has 0 atom stereocenters. The third kappa shape index (κ3) is 15.2. The van der Waals surface area contributed by atoms with E-state index in [1.807, 2.05) is 0 Å². The minimum absolute atomic E-state index is 0.590. The van der Waals surface area contributed by atoms with Gasteiger partial charge in [0.2, 0.25) is 0 Å². The Morgan fingerprint density at radius 2 is 0.640 bits per heavy atom. The highest BCUT2D eigenvalue weighted by Gasteiger charge is 2.31. The van der Waals surface area contributed by atoms with Crippen molar-refractivity contribution in [2.24, 2.45) is 0 Å². The van der Waals surface area contributed by atoms with Crippen molar-refractivity contribution in [3.05, 3.63) is 0 Å². The molecule has 0 aromatic heterocycles. The maximum absolute atomic E-state index is 2.49. The smallest absolute Gasteiger partial charge is 0.0594 e. The molecule has 152 valence electrons. The molecule has 0 aromatic carbocycles. The van der Waals surface area contributed by atoms with E-state index in [-0.39, 0.29) is 0 Å². The molecule has 0 rings (SSSR count). The normalized spacial score (nSPS) is 12.0. The second kappa shape index (κ2) is 19.2. The van der Waals surface area contributed by atoms with E-state index < -0.39 is 7.26 Å². The number of hydrogen-bond donors (Lipinski definition) is 0. The molecule has 1 heteroatoms. The van der Waals surface area contributed by atoms with E-state index in [2.05, 4.69) is 27.7 Å². The van der Waals surface area contributed by atoms with Gasteiger partial charge in [0, 0.05) is 7.26 Å². The zero-order valence-electron chi connectivity index (χ0n) is 18.6. The summed E-state index contributed by atoms with van der Waals surface area (Å²) in [6.45, 7) is 9.61. The summed E-state index contributed by atoms with van der Waals surface area (Å²) in [6, 6.07) is 0. The molecule has 0 amide bonds. The first-order chi connectivity index (χ1) is 12.2. The van der Waals surface area contributed by atoms with Crippen molar-refractivity contribution in [3.8, 4) is 0 Å². The topological polar surface area (TPSA) is 0 Å². The molecule has 0 aliphatic carbocycles. The highest BCUT2D eigenvalue weighted by atomic mass is 31.2. The van der Waals surface area contributed by atoms with Gasteiger partial charge in [-0.15, -0.1) is 0 Å². The first kappa shape index (κ1) is 25.4. The zero-order valence-corrected chi connectivity index (χ0v) is 19.5. The molecule has 0 saturated heterocycles. The van der Waals surface area contributed by atoms with Gasteiger partial charge in [0.05, 0.1) is 24.6 Å². The summed E-state index contributed by atoms with van der Waals surface area (Å²) in [5, 5.41) is 0. The Morgan fingerprint density at radius 1 is 0.360 bits per heavy atom. The van der Waals surface area contributed by atoms with E-state index in [0.717, 1.165) is 0 Å². The monoisotopic (exact) mass is 371 g/mol. The van der Waals surface area contributed by atoms with Crippen molar-refractivity contribution in [3.63, 3.8) is 0 Å². The van der Waals surface area contributed by atoms with Crippen LogP contribution in [0.25, 0.3) is 0 Å². The van der Waals surface area contributed by atoms with Crippen LogP contribution in [0, 0.1) is 0 Å². The van der Waals surface area contributed by atoms with Gasteiger partial charge in [-0.05, 0) is 39.5 Å². The summed E-state index contributed by atoms with van der Waals surface area (Å²) in [5.74, 6) is 0. The third-order valence-electron chi connectivity index (χ3n) is 6.31. The minimum atomic E-state index is -0.590. The molecule has 0 fully saturated rings. The summed E-state index contributed by atoms with van der Waals surface area (Å²) in [5.41, 5.74) is 0. The lowest BCUT2D eigenvalue weighted by Gasteiger charge is -2.25. The maximum Gasteiger partial charge on any atom is 0.0594 e. The van der Waals surface area contributed by atoms with Gasteiger partial charge in [0.25, 0.3) is 0 Å². The van der Waals surface area contributed by atoms with Gasteiger partial charge in [-0.25, -0.2) is 0 Å². The molecular formula is C24H52P+. The number of unbranched alkanes of at least 4 members (excludes halogenated alkanes) is 14. The molecule has 0 radical (unpaired) electrons. The van der Waals surface area contributed by atoms with Crippen molar-refractivity contribution >= 4 is 7.26 Å². The van der Waals surface area contributed by atoms with E-state index in [1.54, 1.807) is 12.3 Å². The molecule has 0 heterocycles. The number of rotatable bonds is 20. The molecule has 0 aromatic rings. The summed E-state index contributed by atoms with van der Waals surface area (Å²) < 4.78 is 0. The van der Waals surface area contributed by atoms with Crippen LogP contribution in [0.2, 0.25) is 0 Å². The maximum atomic E-state index is 2.49. The number of hydrogen-bond acceptors (Lipinski definition) is 0. The third-order valence-corrected chi connectivity index (χ3v) is 11.5. The highest BCUT2D eigenvalue weighted by Crippen LogP contribution is 2.59. The molecular weight excluding hydrogens is 319 g/mol. The van der Waals surface area contributed by atoms with E-state index in [9.17, 15) is 0 Å². The van der Waals surface area contributed by atoms with Crippen LogP contribution in [-0.2, 0) is 0 Å². The first-order valence-corrected chi connectivity index (χ1v) is 14.6. The molecule has 0 saturated carbocycles. The Morgan fingerprint density at radius 3 is 0.920 bits per heavy atom. The quantitative estimate of drug-likeness (QED) is 0.148. The summed E-state index contributed by atoms with van der Waals surface area (Å²) >= 11 is 0. The lowest BCUT2D eigenvalue weighted by Crippen LogP contribution is -2.09. The fraction of sp³-hybridized carbons (Fsp3) is 1.00. The Kier molecular flexibility index (Phi) is 19.5. The van der Waals surface area contributed by atoms with Crippen LogP contribution >= 0.6 is 7.26 Å². The van der Waals surface area contributed by atoms with Gasteiger partial charge in [-0.2, -0.15) is 0 Å². The fourth-order valence-corrected chi connectivity index (χ4v) is 7.85. The lowest BCUT2D eigenvalue weighted by molar-refractivity contribution is 0.583. The van der Waals surface area contributed by atoms with Gasteiger partial charge in [-0.3, -0.25) is 0 Å². The molecule has 0 nitrogen and oxygen atoms in total. The largest absolute Gasteiger partial charge is 0.0654 e. The molecule has 0 unspecified atom stereocenters. The highest BCUT2D eigenvalue weighted by molar-refractivity contribution is 7.75. The van der Waals surface area contributed by atoms with Crippen molar-refractivity contribution in [2.75, 3.05) is 24.6 Å². The Bertz CT molecular complexity index is 222. The molecule has 0 aliphatic heterocycles. The van der Waals surface area contributed by atoms with Gasteiger partial charge in [0.1, 0.15) is 0 Å². The zero-order chi connectivity index (χ0) is 18.6. The van der Waals surface area contributed by atoms with Crippen LogP contribution in [0.4, 0.5) is 0 Å². The van der Waals surface area contributed by atoms with Gasteiger partial charge in [0.15, 0.2) is 0 Å². The van der Waals surface area contributed by atoms with Gasteiger partial charge >= 0.3 is 0 Å². The van der Waals surface area contributed by atoms with Crippen LogP contribution in [0.15, 0.2) is 0 Å². The summed E-state index contributed by atoms with van der Waals surface area (Å²) in [4.78, 5) is 0. The SMILES string of the molecule is CCCCCCCCCC[P+](CC)(CC)CCCCCCCCCC. The standard InChI is InChI=1S/C24H52P/c1-5-9-11-13-15-17-19-21-23-25(7-3,8-4)24-22-20-18-16-14-12-10-6-2/h5-24H2,1-4H3/q+1. The Labute approximate surface area is 162 Å². The van der Waals surface area contributed by atoms with Crippen molar-refractivity contribution in [2.45, 2.75) is 130 Å².